The summed E-state index contributed by atoms with van der Waals surface area (Å²) in [6, 6.07) is 5.78. The summed E-state index contributed by atoms with van der Waals surface area (Å²) in [7, 11) is -1.98. The van der Waals surface area contributed by atoms with Gasteiger partial charge in [0.25, 0.3) is 0 Å². The van der Waals surface area contributed by atoms with E-state index in [2.05, 4.69) is 4.74 Å². The SMILES string of the molecule is COC(=O)c1ccc(S(=O)(=O)CC(C)C)cc1. The predicted molar refractivity (Wildman–Crippen MR) is 64.7 cm³/mol. The predicted octanol–water partition coefficient (Wildman–Crippen LogP) is 1.90. The third-order valence-corrected chi connectivity index (χ3v) is 4.28. The van der Waals surface area contributed by atoms with Gasteiger partial charge in [-0.2, -0.15) is 0 Å². The van der Waals surface area contributed by atoms with Crippen molar-refractivity contribution in [3.05, 3.63) is 29.8 Å². The molecular weight excluding hydrogens is 240 g/mol. The van der Waals surface area contributed by atoms with Crippen molar-refractivity contribution in [1.29, 1.82) is 0 Å². The molecule has 0 unspecified atom stereocenters. The molecule has 0 saturated heterocycles. The minimum absolute atomic E-state index is 0.0697. The number of sulfone groups is 1. The molecule has 0 fully saturated rings. The minimum atomic E-state index is -3.26. The van der Waals surface area contributed by atoms with E-state index in [1.54, 1.807) is 0 Å². The maximum absolute atomic E-state index is 11.9. The molecule has 4 nitrogen and oxygen atoms in total. The first-order valence-electron chi connectivity index (χ1n) is 5.28. The van der Waals surface area contributed by atoms with E-state index in [0.29, 0.717) is 5.56 Å². The van der Waals surface area contributed by atoms with Crippen LogP contribution in [-0.2, 0) is 14.6 Å². The number of carbonyl (C=O) groups excluding carboxylic acids is 1. The van der Waals surface area contributed by atoms with Crippen molar-refractivity contribution in [2.24, 2.45) is 5.92 Å². The molecule has 17 heavy (non-hydrogen) atoms. The van der Waals surface area contributed by atoms with Crippen LogP contribution in [0, 0.1) is 5.92 Å². The summed E-state index contributed by atoms with van der Waals surface area (Å²) < 4.78 is 28.3. The van der Waals surface area contributed by atoms with Gasteiger partial charge < -0.3 is 4.74 Å². The fraction of sp³-hybridized carbons (Fsp3) is 0.417. The molecule has 0 aromatic heterocycles. The Hall–Kier alpha value is -1.36. The van der Waals surface area contributed by atoms with Crippen molar-refractivity contribution in [3.8, 4) is 0 Å². The normalized spacial score (nSPS) is 11.5. The lowest BCUT2D eigenvalue weighted by atomic mass is 10.2. The summed E-state index contributed by atoms with van der Waals surface area (Å²) in [5.41, 5.74) is 0.344. The van der Waals surface area contributed by atoms with Crippen LogP contribution in [-0.4, -0.2) is 27.2 Å². The van der Waals surface area contributed by atoms with Crippen LogP contribution < -0.4 is 0 Å². The van der Waals surface area contributed by atoms with Crippen LogP contribution in [0.15, 0.2) is 29.2 Å². The minimum Gasteiger partial charge on any atom is -0.465 e. The van der Waals surface area contributed by atoms with E-state index in [1.165, 1.54) is 31.4 Å². The first kappa shape index (κ1) is 13.7. The Morgan fingerprint density at radius 3 is 2.18 bits per heavy atom. The Morgan fingerprint density at radius 2 is 1.76 bits per heavy atom. The number of benzene rings is 1. The van der Waals surface area contributed by atoms with Crippen LogP contribution in [0.3, 0.4) is 0 Å². The Labute approximate surface area is 102 Å². The molecule has 0 aliphatic carbocycles. The zero-order valence-electron chi connectivity index (χ0n) is 10.1. The van der Waals surface area contributed by atoms with Crippen molar-refractivity contribution < 1.29 is 17.9 Å². The van der Waals surface area contributed by atoms with Gasteiger partial charge in [0.2, 0.25) is 0 Å². The molecule has 1 rings (SSSR count). The van der Waals surface area contributed by atoms with Gasteiger partial charge in [-0.25, -0.2) is 13.2 Å². The molecule has 0 N–H and O–H groups in total. The maximum atomic E-state index is 11.9. The molecule has 1 aromatic rings. The van der Waals surface area contributed by atoms with Gasteiger partial charge >= 0.3 is 5.97 Å². The van der Waals surface area contributed by atoms with E-state index in [0.717, 1.165) is 0 Å². The number of hydrogen-bond acceptors (Lipinski definition) is 4. The molecular formula is C12H16O4S. The number of carbonyl (C=O) groups is 1. The van der Waals surface area contributed by atoms with Crippen LogP contribution in [0.2, 0.25) is 0 Å². The highest BCUT2D eigenvalue weighted by molar-refractivity contribution is 7.91. The van der Waals surface area contributed by atoms with Gasteiger partial charge in [0.05, 0.1) is 23.3 Å². The van der Waals surface area contributed by atoms with Crippen molar-refractivity contribution in [2.45, 2.75) is 18.7 Å². The van der Waals surface area contributed by atoms with Crippen LogP contribution in [0.25, 0.3) is 0 Å². The second kappa shape index (κ2) is 5.31. The molecule has 1 aromatic carbocycles. The number of methoxy groups -OCH3 is 1. The first-order valence-corrected chi connectivity index (χ1v) is 6.93. The Bertz CT molecular complexity index is 486. The second-order valence-electron chi connectivity index (χ2n) is 4.19. The van der Waals surface area contributed by atoms with Crippen molar-refractivity contribution >= 4 is 15.8 Å². The topological polar surface area (TPSA) is 60.4 Å². The third kappa shape index (κ3) is 3.56. The average Bonchev–Trinajstić information content (AvgIpc) is 2.26. The van der Waals surface area contributed by atoms with Crippen LogP contribution in [0.4, 0.5) is 0 Å². The van der Waals surface area contributed by atoms with Crippen LogP contribution in [0.1, 0.15) is 24.2 Å². The summed E-state index contributed by atoms with van der Waals surface area (Å²) in [5, 5.41) is 0. The van der Waals surface area contributed by atoms with Crippen molar-refractivity contribution in [1.82, 2.24) is 0 Å². The zero-order valence-corrected chi connectivity index (χ0v) is 11.0. The van der Waals surface area contributed by atoms with Gasteiger partial charge in [0, 0.05) is 0 Å². The van der Waals surface area contributed by atoms with E-state index in [1.807, 2.05) is 13.8 Å². The molecule has 0 aliphatic rings. The number of ether oxygens (including phenoxy) is 1. The molecule has 0 atom stereocenters. The van der Waals surface area contributed by atoms with Crippen LogP contribution in [0.5, 0.6) is 0 Å². The highest BCUT2D eigenvalue weighted by atomic mass is 32.2. The molecule has 0 amide bonds. The van der Waals surface area contributed by atoms with Crippen molar-refractivity contribution in [3.63, 3.8) is 0 Å². The van der Waals surface area contributed by atoms with Crippen molar-refractivity contribution in [2.75, 3.05) is 12.9 Å². The smallest absolute Gasteiger partial charge is 0.337 e. The fourth-order valence-electron chi connectivity index (χ4n) is 1.45. The third-order valence-electron chi connectivity index (χ3n) is 2.19. The summed E-state index contributed by atoms with van der Waals surface area (Å²) in [6.07, 6.45) is 0. The number of rotatable bonds is 4. The second-order valence-corrected chi connectivity index (χ2v) is 6.23. The van der Waals surface area contributed by atoms with Gasteiger partial charge in [0.1, 0.15) is 0 Å². The summed E-state index contributed by atoms with van der Waals surface area (Å²) in [4.78, 5) is 11.4. The van der Waals surface area contributed by atoms with E-state index in [-0.39, 0.29) is 16.6 Å². The van der Waals surface area contributed by atoms with E-state index in [9.17, 15) is 13.2 Å². The van der Waals surface area contributed by atoms with Gasteiger partial charge in [-0.3, -0.25) is 0 Å². The lowest BCUT2D eigenvalue weighted by molar-refractivity contribution is 0.0600. The van der Waals surface area contributed by atoms with Crippen LogP contribution >= 0.6 is 0 Å². The number of esters is 1. The average molecular weight is 256 g/mol. The maximum Gasteiger partial charge on any atom is 0.337 e. The number of hydrogen-bond donors (Lipinski definition) is 0. The quantitative estimate of drug-likeness (QED) is 0.772. The monoisotopic (exact) mass is 256 g/mol. The van der Waals surface area contributed by atoms with E-state index >= 15 is 0 Å². The Balaban J connectivity index is 2.99. The van der Waals surface area contributed by atoms with E-state index < -0.39 is 15.8 Å². The summed E-state index contributed by atoms with van der Waals surface area (Å²) in [6.45, 7) is 3.70. The zero-order chi connectivity index (χ0) is 13.1. The van der Waals surface area contributed by atoms with Gasteiger partial charge in [-0.15, -0.1) is 0 Å². The molecule has 0 heterocycles. The van der Waals surface area contributed by atoms with Gasteiger partial charge in [-0.1, -0.05) is 13.8 Å². The summed E-state index contributed by atoms with van der Waals surface area (Å²) in [5.74, 6) is -0.303. The Kier molecular flexibility index (Phi) is 4.28. The highest BCUT2D eigenvalue weighted by Crippen LogP contribution is 2.15. The summed E-state index contributed by atoms with van der Waals surface area (Å²) >= 11 is 0. The molecule has 0 spiro atoms. The van der Waals surface area contributed by atoms with Gasteiger partial charge in [-0.05, 0) is 30.2 Å². The lowest BCUT2D eigenvalue weighted by Gasteiger charge is -2.07. The molecule has 0 bridgehead atoms. The first-order chi connectivity index (χ1) is 7.86. The molecule has 5 heteroatoms. The standard InChI is InChI=1S/C12H16O4S/c1-9(2)8-17(14,15)11-6-4-10(5-7-11)12(13)16-3/h4-7,9H,8H2,1-3H3. The molecule has 0 saturated carbocycles. The highest BCUT2D eigenvalue weighted by Gasteiger charge is 2.16. The fourth-order valence-corrected chi connectivity index (χ4v) is 3.07. The van der Waals surface area contributed by atoms with E-state index in [4.69, 9.17) is 0 Å². The largest absolute Gasteiger partial charge is 0.465 e. The Morgan fingerprint density at radius 1 is 1.24 bits per heavy atom. The lowest BCUT2D eigenvalue weighted by Crippen LogP contribution is -2.12. The van der Waals surface area contributed by atoms with Gasteiger partial charge in [0.15, 0.2) is 9.84 Å². The molecule has 0 aliphatic heterocycles. The molecule has 94 valence electrons. The molecule has 0 radical (unpaired) electrons.